The van der Waals surface area contributed by atoms with E-state index in [0.717, 1.165) is 21.3 Å². The topological polar surface area (TPSA) is 48.0 Å². The van der Waals surface area contributed by atoms with Gasteiger partial charge in [0.05, 0.1) is 27.0 Å². The molecule has 3 rings (SSSR count). The van der Waals surface area contributed by atoms with Crippen LogP contribution in [-0.2, 0) is 4.79 Å². The molecule has 130 valence electrons. The summed E-state index contributed by atoms with van der Waals surface area (Å²) in [6.07, 6.45) is 1.83. The number of carbonyl (C=O) groups is 1. The maximum absolute atomic E-state index is 12.7. The molecule has 1 aliphatic rings. The third kappa shape index (κ3) is 2.98. The largest absolute Gasteiger partial charge is 0.493 e. The van der Waals surface area contributed by atoms with E-state index in [9.17, 15) is 4.79 Å². The third-order valence-electron chi connectivity index (χ3n) is 4.14. The summed E-state index contributed by atoms with van der Waals surface area (Å²) in [5, 5.41) is 0. The highest BCUT2D eigenvalue weighted by Crippen LogP contribution is 2.42. The first-order valence-electron chi connectivity index (χ1n) is 7.59. The number of fused-ring (bicyclic) bond motifs is 1. The molecular weight excluding hydrogens is 386 g/mol. The molecule has 0 atom stereocenters. The second kappa shape index (κ2) is 6.80. The normalized spacial score (nSPS) is 14.7. The Morgan fingerprint density at radius 1 is 1.00 bits per heavy atom. The second-order valence-corrected chi connectivity index (χ2v) is 6.46. The average molecular weight is 404 g/mol. The van der Waals surface area contributed by atoms with Crippen LogP contribution in [0.5, 0.6) is 17.2 Å². The van der Waals surface area contributed by atoms with E-state index in [2.05, 4.69) is 15.9 Å². The van der Waals surface area contributed by atoms with E-state index < -0.39 is 0 Å². The number of carbonyl (C=O) groups excluding carboxylic acids is 1. The SMILES string of the molecule is COc1cc(C=C2C(=O)N(C)c3ccc(Br)cc32)cc(OC)c1OC. The molecule has 25 heavy (non-hydrogen) atoms. The Labute approximate surface area is 154 Å². The second-order valence-electron chi connectivity index (χ2n) is 5.54. The van der Waals surface area contributed by atoms with Crippen molar-refractivity contribution in [3.05, 3.63) is 45.9 Å². The number of halogens is 1. The van der Waals surface area contributed by atoms with Crippen LogP contribution in [0, 0.1) is 0 Å². The molecule has 0 aliphatic carbocycles. The predicted molar refractivity (Wildman–Crippen MR) is 102 cm³/mol. The Balaban J connectivity index is 2.16. The monoisotopic (exact) mass is 403 g/mol. The van der Waals surface area contributed by atoms with E-state index in [0.29, 0.717) is 22.8 Å². The third-order valence-corrected chi connectivity index (χ3v) is 4.64. The Kier molecular flexibility index (Phi) is 4.72. The van der Waals surface area contributed by atoms with E-state index >= 15 is 0 Å². The molecule has 1 amide bonds. The molecule has 0 saturated carbocycles. The fourth-order valence-corrected chi connectivity index (χ4v) is 3.27. The van der Waals surface area contributed by atoms with Crippen LogP contribution in [0.25, 0.3) is 11.6 Å². The molecule has 0 saturated heterocycles. The molecule has 0 aromatic heterocycles. The summed E-state index contributed by atoms with van der Waals surface area (Å²) in [6.45, 7) is 0. The minimum absolute atomic E-state index is 0.0538. The molecule has 0 N–H and O–H groups in total. The van der Waals surface area contributed by atoms with Crippen molar-refractivity contribution in [2.45, 2.75) is 0 Å². The van der Waals surface area contributed by atoms with Crippen LogP contribution in [-0.4, -0.2) is 34.3 Å². The Morgan fingerprint density at radius 3 is 2.20 bits per heavy atom. The van der Waals surface area contributed by atoms with Crippen molar-refractivity contribution in [1.82, 2.24) is 0 Å². The number of likely N-dealkylation sites (N-methyl/N-ethyl adjacent to an activating group) is 1. The molecule has 0 spiro atoms. The molecule has 6 heteroatoms. The molecule has 2 aromatic rings. The number of amides is 1. The highest BCUT2D eigenvalue weighted by atomic mass is 79.9. The van der Waals surface area contributed by atoms with Crippen molar-refractivity contribution < 1.29 is 19.0 Å². The fraction of sp³-hybridized carbons (Fsp3) is 0.211. The number of methoxy groups -OCH3 is 3. The highest BCUT2D eigenvalue weighted by Gasteiger charge is 2.29. The van der Waals surface area contributed by atoms with E-state index in [1.807, 2.05) is 36.4 Å². The Morgan fingerprint density at radius 2 is 1.64 bits per heavy atom. The smallest absolute Gasteiger partial charge is 0.258 e. The first-order valence-corrected chi connectivity index (χ1v) is 8.39. The molecule has 1 heterocycles. The van der Waals surface area contributed by atoms with Gasteiger partial charge in [0.25, 0.3) is 5.91 Å². The minimum atomic E-state index is -0.0538. The minimum Gasteiger partial charge on any atom is -0.493 e. The van der Waals surface area contributed by atoms with Gasteiger partial charge >= 0.3 is 0 Å². The van der Waals surface area contributed by atoms with Crippen molar-refractivity contribution >= 4 is 39.2 Å². The van der Waals surface area contributed by atoms with Crippen LogP contribution in [0.15, 0.2) is 34.8 Å². The van der Waals surface area contributed by atoms with Gasteiger partial charge < -0.3 is 19.1 Å². The first-order chi connectivity index (χ1) is 12.0. The molecule has 0 unspecified atom stereocenters. The lowest BCUT2D eigenvalue weighted by Crippen LogP contribution is -2.20. The van der Waals surface area contributed by atoms with Crippen molar-refractivity contribution in [1.29, 1.82) is 0 Å². The van der Waals surface area contributed by atoms with Crippen molar-refractivity contribution in [3.63, 3.8) is 0 Å². The lowest BCUT2D eigenvalue weighted by atomic mass is 10.0. The quantitative estimate of drug-likeness (QED) is 0.724. The number of hydrogen-bond donors (Lipinski definition) is 0. The average Bonchev–Trinajstić information content (AvgIpc) is 2.85. The van der Waals surface area contributed by atoms with Crippen LogP contribution < -0.4 is 19.1 Å². The van der Waals surface area contributed by atoms with E-state index in [1.54, 1.807) is 33.3 Å². The fourth-order valence-electron chi connectivity index (χ4n) is 2.91. The molecule has 2 aromatic carbocycles. The molecule has 0 bridgehead atoms. The number of nitrogens with zero attached hydrogens (tertiary/aromatic N) is 1. The van der Waals surface area contributed by atoms with Gasteiger partial charge in [0.2, 0.25) is 5.75 Å². The first kappa shape index (κ1) is 17.4. The summed E-state index contributed by atoms with van der Waals surface area (Å²) in [7, 11) is 6.46. The van der Waals surface area contributed by atoms with E-state index in [1.165, 1.54) is 0 Å². The molecule has 0 radical (unpaired) electrons. The van der Waals surface area contributed by atoms with Crippen LogP contribution in [0.3, 0.4) is 0 Å². The molecular formula is C19H18BrNO4. The van der Waals surface area contributed by atoms with Crippen molar-refractivity contribution in [3.8, 4) is 17.2 Å². The van der Waals surface area contributed by atoms with Gasteiger partial charge in [-0.15, -0.1) is 0 Å². The summed E-state index contributed by atoms with van der Waals surface area (Å²) < 4.78 is 17.0. The standard InChI is InChI=1S/C19H18BrNO4/c1-21-15-6-5-12(20)10-13(15)14(19(21)22)7-11-8-16(23-2)18(25-4)17(9-11)24-3/h5-10H,1-4H3. The lowest BCUT2D eigenvalue weighted by molar-refractivity contribution is -0.112. The van der Waals surface area contributed by atoms with Crippen LogP contribution in [0.4, 0.5) is 5.69 Å². The maximum atomic E-state index is 12.7. The number of ether oxygens (including phenoxy) is 3. The van der Waals surface area contributed by atoms with Gasteiger partial charge in [-0.05, 0) is 42.0 Å². The summed E-state index contributed by atoms with van der Waals surface area (Å²) in [6, 6.07) is 9.42. The summed E-state index contributed by atoms with van der Waals surface area (Å²) in [4.78, 5) is 14.3. The van der Waals surface area contributed by atoms with Gasteiger partial charge in [-0.3, -0.25) is 4.79 Å². The Bertz CT molecular complexity index is 851. The molecule has 5 nitrogen and oxygen atoms in total. The van der Waals surface area contributed by atoms with Gasteiger partial charge in [-0.2, -0.15) is 0 Å². The number of rotatable bonds is 4. The van der Waals surface area contributed by atoms with E-state index in [4.69, 9.17) is 14.2 Å². The van der Waals surface area contributed by atoms with Gasteiger partial charge in [-0.1, -0.05) is 15.9 Å². The van der Waals surface area contributed by atoms with Crippen LogP contribution in [0.1, 0.15) is 11.1 Å². The van der Waals surface area contributed by atoms with Crippen molar-refractivity contribution in [2.75, 3.05) is 33.3 Å². The van der Waals surface area contributed by atoms with Crippen LogP contribution in [0.2, 0.25) is 0 Å². The van der Waals surface area contributed by atoms with Crippen molar-refractivity contribution in [2.24, 2.45) is 0 Å². The van der Waals surface area contributed by atoms with Gasteiger partial charge in [-0.25, -0.2) is 0 Å². The lowest BCUT2D eigenvalue weighted by Gasteiger charge is -2.13. The van der Waals surface area contributed by atoms with Crippen LogP contribution >= 0.6 is 15.9 Å². The van der Waals surface area contributed by atoms with E-state index in [-0.39, 0.29) is 5.91 Å². The highest BCUT2D eigenvalue weighted by molar-refractivity contribution is 9.10. The van der Waals surface area contributed by atoms with Gasteiger partial charge in [0.15, 0.2) is 11.5 Å². The predicted octanol–water partition coefficient (Wildman–Crippen LogP) is 3.99. The zero-order valence-corrected chi connectivity index (χ0v) is 16.0. The molecule has 0 fully saturated rings. The maximum Gasteiger partial charge on any atom is 0.258 e. The Hall–Kier alpha value is -2.47. The number of anilines is 1. The summed E-state index contributed by atoms with van der Waals surface area (Å²) in [5.74, 6) is 1.55. The number of benzene rings is 2. The zero-order chi connectivity index (χ0) is 18.1. The number of hydrogen-bond acceptors (Lipinski definition) is 4. The van der Waals surface area contributed by atoms with Gasteiger partial charge in [0, 0.05) is 22.7 Å². The molecule has 1 aliphatic heterocycles. The zero-order valence-electron chi connectivity index (χ0n) is 14.4. The summed E-state index contributed by atoms with van der Waals surface area (Å²) >= 11 is 3.47. The van der Waals surface area contributed by atoms with Gasteiger partial charge in [0.1, 0.15) is 0 Å². The summed E-state index contributed by atoms with van der Waals surface area (Å²) in [5.41, 5.74) is 3.18.